The minimum atomic E-state index is -0.174. The molecule has 4 heteroatoms. The number of fused-ring (bicyclic) bond motifs is 1. The third-order valence-electron chi connectivity index (χ3n) is 3.18. The first-order valence-corrected chi connectivity index (χ1v) is 5.77. The van der Waals surface area contributed by atoms with Crippen LogP contribution >= 0.6 is 0 Å². The highest BCUT2D eigenvalue weighted by Crippen LogP contribution is 2.26. The first kappa shape index (κ1) is 11.9. The Bertz CT molecular complexity index is 431. The van der Waals surface area contributed by atoms with Gasteiger partial charge in [0.15, 0.2) is 0 Å². The molecule has 1 aliphatic rings. The van der Waals surface area contributed by atoms with E-state index in [0.29, 0.717) is 12.2 Å². The molecular weight excluding hydrogens is 218 g/mol. The summed E-state index contributed by atoms with van der Waals surface area (Å²) >= 11 is 0. The van der Waals surface area contributed by atoms with Gasteiger partial charge >= 0.3 is 0 Å². The van der Waals surface area contributed by atoms with Crippen LogP contribution in [-0.2, 0) is 6.42 Å². The maximum Gasteiger partial charge on any atom is 0.253 e. The van der Waals surface area contributed by atoms with Gasteiger partial charge in [0.05, 0.1) is 19.3 Å². The molecule has 0 radical (unpaired) electrons. The highest BCUT2D eigenvalue weighted by atomic mass is 16.5. The van der Waals surface area contributed by atoms with Crippen LogP contribution in [0.4, 0.5) is 0 Å². The Morgan fingerprint density at radius 2 is 2.35 bits per heavy atom. The van der Waals surface area contributed by atoms with Gasteiger partial charge in [-0.3, -0.25) is 4.79 Å². The number of carbonyl (C=O) groups is 1. The summed E-state index contributed by atoms with van der Waals surface area (Å²) in [5.74, 6) is 0.806. The predicted molar refractivity (Wildman–Crippen MR) is 64.3 cm³/mol. The van der Waals surface area contributed by atoms with Crippen molar-refractivity contribution < 1.29 is 14.6 Å². The largest absolute Gasteiger partial charge is 0.493 e. The van der Waals surface area contributed by atoms with Crippen LogP contribution in [0.1, 0.15) is 22.8 Å². The Morgan fingerprint density at radius 3 is 3.06 bits per heavy atom. The molecule has 1 aliphatic heterocycles. The van der Waals surface area contributed by atoms with Crippen molar-refractivity contribution in [3.63, 3.8) is 0 Å². The zero-order valence-corrected chi connectivity index (χ0v) is 10.1. The van der Waals surface area contributed by atoms with E-state index in [1.54, 1.807) is 18.0 Å². The molecule has 1 N–H and O–H groups in total. The molecule has 17 heavy (non-hydrogen) atoms. The number of likely N-dealkylation sites (N-methyl/N-ethyl adjacent to an activating group) is 1. The number of nitrogens with zero attached hydrogens (tertiary/aromatic N) is 1. The Balaban J connectivity index is 2.20. The van der Waals surface area contributed by atoms with Crippen LogP contribution in [0.25, 0.3) is 0 Å². The van der Waals surface area contributed by atoms with Crippen molar-refractivity contribution in [1.29, 1.82) is 0 Å². The average Bonchev–Trinajstić information content (AvgIpc) is 2.83. The maximum atomic E-state index is 12.1. The molecule has 0 saturated heterocycles. The van der Waals surface area contributed by atoms with Gasteiger partial charge in [-0.2, -0.15) is 0 Å². The first-order chi connectivity index (χ1) is 8.13. The third-order valence-corrected chi connectivity index (χ3v) is 3.18. The average molecular weight is 235 g/mol. The third kappa shape index (κ3) is 2.26. The Morgan fingerprint density at radius 1 is 1.59 bits per heavy atom. The number of amides is 1. The lowest BCUT2D eigenvalue weighted by molar-refractivity contribution is 0.0682. The molecule has 0 spiro atoms. The van der Waals surface area contributed by atoms with Gasteiger partial charge in [0, 0.05) is 19.0 Å². The quantitative estimate of drug-likeness (QED) is 0.852. The number of aliphatic hydroxyl groups excluding tert-OH is 1. The van der Waals surface area contributed by atoms with E-state index in [2.05, 4.69) is 0 Å². The van der Waals surface area contributed by atoms with Gasteiger partial charge in [0.25, 0.3) is 5.91 Å². The van der Waals surface area contributed by atoms with E-state index in [1.807, 2.05) is 19.1 Å². The van der Waals surface area contributed by atoms with Crippen molar-refractivity contribution in [3.8, 4) is 5.75 Å². The van der Waals surface area contributed by atoms with Gasteiger partial charge in [0.2, 0.25) is 0 Å². The summed E-state index contributed by atoms with van der Waals surface area (Å²) in [4.78, 5) is 13.7. The van der Waals surface area contributed by atoms with Crippen LogP contribution in [0.2, 0.25) is 0 Å². The molecule has 2 rings (SSSR count). The number of benzene rings is 1. The zero-order chi connectivity index (χ0) is 12.4. The summed E-state index contributed by atoms with van der Waals surface area (Å²) in [5, 5.41) is 9.04. The number of carbonyl (C=O) groups excluding carboxylic acids is 1. The predicted octanol–water partition coefficient (Wildman–Crippen LogP) is 1.07. The van der Waals surface area contributed by atoms with Crippen LogP contribution in [0.5, 0.6) is 5.75 Å². The lowest BCUT2D eigenvalue weighted by atomic mass is 10.1. The summed E-state index contributed by atoms with van der Waals surface area (Å²) < 4.78 is 5.40. The normalized spacial score (nSPS) is 15.0. The van der Waals surface area contributed by atoms with E-state index in [0.717, 1.165) is 17.7 Å². The van der Waals surface area contributed by atoms with Gasteiger partial charge in [-0.05, 0) is 30.7 Å². The van der Waals surface area contributed by atoms with E-state index >= 15 is 0 Å². The van der Waals surface area contributed by atoms with Crippen molar-refractivity contribution in [2.45, 2.75) is 19.4 Å². The Kier molecular flexibility index (Phi) is 3.33. The summed E-state index contributed by atoms with van der Waals surface area (Å²) in [6.07, 6.45) is 0.857. The minimum Gasteiger partial charge on any atom is -0.493 e. The van der Waals surface area contributed by atoms with Crippen LogP contribution in [0.15, 0.2) is 18.2 Å². The highest BCUT2D eigenvalue weighted by Gasteiger charge is 2.19. The van der Waals surface area contributed by atoms with Crippen molar-refractivity contribution >= 4 is 5.91 Å². The molecule has 1 aromatic rings. The number of aliphatic hydroxyl groups is 1. The summed E-state index contributed by atoms with van der Waals surface area (Å²) in [5.41, 5.74) is 1.73. The topological polar surface area (TPSA) is 49.8 Å². The SMILES string of the molecule is CC(CO)N(C)C(=O)c1ccc2c(c1)CCO2. The van der Waals surface area contributed by atoms with Gasteiger partial charge in [-0.25, -0.2) is 0 Å². The second-order valence-corrected chi connectivity index (χ2v) is 4.37. The number of hydrogen-bond donors (Lipinski definition) is 1. The van der Waals surface area contributed by atoms with Crippen LogP contribution in [0.3, 0.4) is 0 Å². The maximum absolute atomic E-state index is 12.1. The molecule has 4 nitrogen and oxygen atoms in total. The highest BCUT2D eigenvalue weighted by molar-refractivity contribution is 5.94. The van der Waals surface area contributed by atoms with Crippen LogP contribution in [0, 0.1) is 0 Å². The van der Waals surface area contributed by atoms with Gasteiger partial charge in [0.1, 0.15) is 5.75 Å². The van der Waals surface area contributed by atoms with Crippen LogP contribution in [-0.4, -0.2) is 42.2 Å². The smallest absolute Gasteiger partial charge is 0.253 e. The van der Waals surface area contributed by atoms with Gasteiger partial charge < -0.3 is 14.7 Å². The Labute approximate surface area is 101 Å². The molecule has 1 unspecified atom stereocenters. The fourth-order valence-electron chi connectivity index (χ4n) is 1.85. The van der Waals surface area contributed by atoms with E-state index in [4.69, 9.17) is 9.84 Å². The second kappa shape index (κ2) is 4.75. The van der Waals surface area contributed by atoms with Crippen molar-refractivity contribution in [1.82, 2.24) is 4.90 Å². The summed E-state index contributed by atoms with van der Waals surface area (Å²) in [7, 11) is 1.70. The molecule has 0 saturated carbocycles. The molecule has 1 heterocycles. The lowest BCUT2D eigenvalue weighted by Crippen LogP contribution is -2.37. The second-order valence-electron chi connectivity index (χ2n) is 4.37. The fraction of sp³-hybridized carbons (Fsp3) is 0.462. The van der Waals surface area contributed by atoms with Crippen LogP contribution < -0.4 is 4.74 Å². The van der Waals surface area contributed by atoms with E-state index in [-0.39, 0.29) is 18.6 Å². The minimum absolute atomic E-state index is 0.0315. The number of ether oxygens (including phenoxy) is 1. The summed E-state index contributed by atoms with van der Waals surface area (Å²) in [6.45, 7) is 2.47. The molecular formula is C13H17NO3. The van der Waals surface area contributed by atoms with Gasteiger partial charge in [-0.15, -0.1) is 0 Å². The molecule has 1 aromatic carbocycles. The van der Waals surface area contributed by atoms with Crippen molar-refractivity contribution in [2.75, 3.05) is 20.3 Å². The number of rotatable bonds is 3. The number of hydrogen-bond acceptors (Lipinski definition) is 3. The molecule has 1 atom stereocenters. The van der Waals surface area contributed by atoms with Crippen molar-refractivity contribution in [3.05, 3.63) is 29.3 Å². The monoisotopic (exact) mass is 235 g/mol. The first-order valence-electron chi connectivity index (χ1n) is 5.77. The molecule has 0 fully saturated rings. The lowest BCUT2D eigenvalue weighted by Gasteiger charge is -2.23. The van der Waals surface area contributed by atoms with E-state index < -0.39 is 0 Å². The van der Waals surface area contributed by atoms with Crippen molar-refractivity contribution in [2.24, 2.45) is 0 Å². The molecule has 92 valence electrons. The molecule has 0 aromatic heterocycles. The molecule has 0 aliphatic carbocycles. The van der Waals surface area contributed by atoms with Gasteiger partial charge in [-0.1, -0.05) is 0 Å². The van der Waals surface area contributed by atoms with E-state index in [1.165, 1.54) is 0 Å². The van der Waals surface area contributed by atoms with E-state index in [9.17, 15) is 4.79 Å². The Hall–Kier alpha value is -1.55. The summed E-state index contributed by atoms with van der Waals surface area (Å²) in [6, 6.07) is 5.32. The molecule has 1 amide bonds. The fourth-order valence-corrected chi connectivity index (χ4v) is 1.85. The standard InChI is InChI=1S/C13H17NO3/c1-9(8-15)14(2)13(16)11-3-4-12-10(7-11)5-6-17-12/h3-4,7,9,15H,5-6,8H2,1-2H3. The zero-order valence-electron chi connectivity index (χ0n) is 10.1. The molecule has 0 bridgehead atoms.